The number of aliphatic hydroxyl groups is 1. The second kappa shape index (κ2) is 10.4. The van der Waals surface area contributed by atoms with Crippen LogP contribution in [0.3, 0.4) is 0 Å². The maximum Gasteiger partial charge on any atom is 0.235 e. The third-order valence-corrected chi connectivity index (χ3v) is 6.49. The molecule has 1 aliphatic heterocycles. The summed E-state index contributed by atoms with van der Waals surface area (Å²) in [6, 6.07) is 17.4. The van der Waals surface area contributed by atoms with Crippen molar-refractivity contribution in [3.8, 4) is 5.75 Å². The van der Waals surface area contributed by atoms with Crippen LogP contribution >= 0.6 is 0 Å². The molecule has 2 aromatic rings. The highest BCUT2D eigenvalue weighted by Crippen LogP contribution is 2.20. The van der Waals surface area contributed by atoms with Gasteiger partial charge in [-0.15, -0.1) is 0 Å². The predicted molar refractivity (Wildman–Crippen MR) is 113 cm³/mol. The third-order valence-electron chi connectivity index (χ3n) is 4.62. The van der Waals surface area contributed by atoms with Crippen molar-refractivity contribution in [2.75, 3.05) is 24.5 Å². The average molecular weight is 417 g/mol. The van der Waals surface area contributed by atoms with Crippen molar-refractivity contribution < 1.29 is 23.0 Å². The van der Waals surface area contributed by atoms with Gasteiger partial charge in [-0.3, -0.25) is 4.72 Å². The molecule has 0 aromatic heterocycles. The Bertz CT molecular complexity index is 892. The first-order chi connectivity index (χ1) is 14.0. The molecule has 1 fully saturated rings. The van der Waals surface area contributed by atoms with E-state index in [1.54, 1.807) is 36.4 Å². The summed E-state index contributed by atoms with van der Waals surface area (Å²) in [6.45, 7) is 1.31. The second-order valence-corrected chi connectivity index (χ2v) is 8.84. The first-order valence-electron chi connectivity index (χ1n) is 9.68. The number of para-hydroxylation sites is 1. The Balaban J connectivity index is 1.52. The van der Waals surface area contributed by atoms with Gasteiger partial charge in [-0.1, -0.05) is 42.5 Å². The van der Waals surface area contributed by atoms with Gasteiger partial charge in [0.15, 0.2) is 0 Å². The Kier molecular flexibility index (Phi) is 7.69. The van der Waals surface area contributed by atoms with E-state index in [9.17, 15) is 13.5 Å². The van der Waals surface area contributed by atoms with Crippen LogP contribution in [0.25, 0.3) is 6.08 Å². The normalized spacial score (nSPS) is 16.6. The van der Waals surface area contributed by atoms with E-state index in [0.29, 0.717) is 50.5 Å². The molecular formula is C22H26NO5S. The maximum atomic E-state index is 12.5. The number of sulfonamides is 1. The first-order valence-corrected chi connectivity index (χ1v) is 11.2. The molecule has 0 bridgehead atoms. The summed E-state index contributed by atoms with van der Waals surface area (Å²) in [5.41, 5.74) is 1.31. The SMILES string of the molecule is O=S(=O)(Nc1cccc(/C=C/[C@H](O)CCOc2[c]cccc2)c1)C1CCOCC1. The standard InChI is InChI=1S/C22H26NO5S/c24-20(11-16-28-21-7-2-1-3-8-21)10-9-18-5-4-6-19(17-18)23-29(25,26)22-12-14-27-15-13-22/h1-7,9-10,17,20,22-24H,11-16H2/b10-9+/t20-/m0/s1. The zero-order chi connectivity index (χ0) is 20.5. The Morgan fingerprint density at radius 3 is 2.83 bits per heavy atom. The predicted octanol–water partition coefficient (Wildman–Crippen LogP) is 3.25. The van der Waals surface area contributed by atoms with E-state index in [-0.39, 0.29) is 0 Å². The van der Waals surface area contributed by atoms with Crippen molar-refractivity contribution in [3.05, 3.63) is 66.2 Å². The Morgan fingerprint density at radius 1 is 1.24 bits per heavy atom. The van der Waals surface area contributed by atoms with Gasteiger partial charge in [0, 0.05) is 31.4 Å². The van der Waals surface area contributed by atoms with E-state index in [1.165, 1.54) is 0 Å². The van der Waals surface area contributed by atoms with E-state index >= 15 is 0 Å². The summed E-state index contributed by atoms with van der Waals surface area (Å²) in [6.07, 6.45) is 4.22. The number of rotatable bonds is 9. The highest BCUT2D eigenvalue weighted by atomic mass is 32.2. The lowest BCUT2D eigenvalue weighted by Crippen LogP contribution is -2.33. The monoisotopic (exact) mass is 416 g/mol. The van der Waals surface area contributed by atoms with Crippen LogP contribution in [0.2, 0.25) is 0 Å². The number of nitrogens with one attached hydrogen (secondary N) is 1. The van der Waals surface area contributed by atoms with Gasteiger partial charge in [-0.25, -0.2) is 8.42 Å². The minimum absolute atomic E-state index is 0.372. The van der Waals surface area contributed by atoms with Gasteiger partial charge in [0.05, 0.1) is 18.0 Å². The van der Waals surface area contributed by atoms with Crippen LogP contribution in [0.5, 0.6) is 5.75 Å². The fourth-order valence-corrected chi connectivity index (χ4v) is 4.45. The molecule has 3 rings (SSSR count). The molecule has 7 heteroatoms. The highest BCUT2D eigenvalue weighted by Gasteiger charge is 2.27. The van der Waals surface area contributed by atoms with E-state index in [4.69, 9.17) is 9.47 Å². The van der Waals surface area contributed by atoms with E-state index < -0.39 is 21.4 Å². The summed E-state index contributed by atoms with van der Waals surface area (Å²) in [5.74, 6) is 0.646. The molecule has 1 aliphatic rings. The summed E-state index contributed by atoms with van der Waals surface area (Å²) >= 11 is 0. The van der Waals surface area contributed by atoms with Crippen molar-refractivity contribution in [1.82, 2.24) is 0 Å². The van der Waals surface area contributed by atoms with Crippen LogP contribution in [-0.2, 0) is 14.8 Å². The van der Waals surface area contributed by atoms with Crippen molar-refractivity contribution >= 4 is 21.8 Å². The first kappa shape index (κ1) is 21.4. The molecule has 0 spiro atoms. The summed E-state index contributed by atoms with van der Waals surface area (Å²) < 4.78 is 38.5. The van der Waals surface area contributed by atoms with Gasteiger partial charge in [-0.2, -0.15) is 0 Å². The molecular weight excluding hydrogens is 390 g/mol. The van der Waals surface area contributed by atoms with Gasteiger partial charge in [0.2, 0.25) is 10.0 Å². The fraction of sp³-hybridized carbons (Fsp3) is 0.364. The molecule has 29 heavy (non-hydrogen) atoms. The molecule has 1 saturated heterocycles. The van der Waals surface area contributed by atoms with Crippen LogP contribution in [0.4, 0.5) is 5.69 Å². The van der Waals surface area contributed by atoms with Gasteiger partial charge in [0.25, 0.3) is 0 Å². The Labute approximate surface area is 172 Å². The minimum atomic E-state index is -3.45. The van der Waals surface area contributed by atoms with Crippen LogP contribution < -0.4 is 9.46 Å². The van der Waals surface area contributed by atoms with Gasteiger partial charge in [0.1, 0.15) is 5.75 Å². The molecule has 1 radical (unpaired) electrons. The van der Waals surface area contributed by atoms with Crippen LogP contribution in [-0.4, -0.2) is 44.7 Å². The lowest BCUT2D eigenvalue weighted by atomic mass is 10.1. The Hall–Kier alpha value is -2.35. The van der Waals surface area contributed by atoms with E-state index in [2.05, 4.69) is 10.8 Å². The molecule has 2 N–H and O–H groups in total. The molecule has 6 nitrogen and oxygen atoms in total. The molecule has 155 valence electrons. The van der Waals surface area contributed by atoms with Crippen molar-refractivity contribution in [2.24, 2.45) is 0 Å². The van der Waals surface area contributed by atoms with E-state index in [0.717, 1.165) is 5.56 Å². The Morgan fingerprint density at radius 2 is 2.07 bits per heavy atom. The fourth-order valence-electron chi connectivity index (χ4n) is 3.01. The van der Waals surface area contributed by atoms with Crippen LogP contribution in [0, 0.1) is 6.07 Å². The van der Waals surface area contributed by atoms with Crippen LogP contribution in [0.15, 0.2) is 54.6 Å². The third kappa shape index (κ3) is 6.88. The lowest BCUT2D eigenvalue weighted by Gasteiger charge is -2.22. The largest absolute Gasteiger partial charge is 0.493 e. The number of anilines is 1. The zero-order valence-electron chi connectivity index (χ0n) is 16.2. The number of benzene rings is 2. The van der Waals surface area contributed by atoms with Crippen LogP contribution in [0.1, 0.15) is 24.8 Å². The maximum absolute atomic E-state index is 12.5. The molecule has 0 unspecified atom stereocenters. The summed E-state index contributed by atoms with van der Waals surface area (Å²) in [7, 11) is -3.45. The summed E-state index contributed by atoms with van der Waals surface area (Å²) in [4.78, 5) is 0. The highest BCUT2D eigenvalue weighted by molar-refractivity contribution is 7.93. The molecule has 0 aliphatic carbocycles. The minimum Gasteiger partial charge on any atom is -0.493 e. The number of aliphatic hydroxyl groups excluding tert-OH is 1. The smallest absolute Gasteiger partial charge is 0.235 e. The number of hydrogen-bond acceptors (Lipinski definition) is 5. The molecule has 0 saturated carbocycles. The summed E-state index contributed by atoms with van der Waals surface area (Å²) in [5, 5.41) is 9.68. The quantitative estimate of drug-likeness (QED) is 0.656. The van der Waals surface area contributed by atoms with Gasteiger partial charge < -0.3 is 14.6 Å². The number of ether oxygens (including phenoxy) is 2. The molecule has 1 heterocycles. The number of hydrogen-bond donors (Lipinski definition) is 2. The van der Waals surface area contributed by atoms with Gasteiger partial charge >= 0.3 is 0 Å². The van der Waals surface area contributed by atoms with Crippen molar-refractivity contribution in [2.45, 2.75) is 30.6 Å². The molecule has 1 atom stereocenters. The topological polar surface area (TPSA) is 84.9 Å². The second-order valence-electron chi connectivity index (χ2n) is 6.87. The molecule has 2 aromatic carbocycles. The van der Waals surface area contributed by atoms with E-state index in [1.807, 2.05) is 24.3 Å². The van der Waals surface area contributed by atoms with Gasteiger partial charge in [-0.05, 0) is 36.6 Å². The average Bonchev–Trinajstić information content (AvgIpc) is 2.74. The van der Waals surface area contributed by atoms with Crippen molar-refractivity contribution in [1.29, 1.82) is 0 Å². The zero-order valence-corrected chi connectivity index (χ0v) is 17.0. The molecule has 0 amide bonds. The van der Waals surface area contributed by atoms with Crippen molar-refractivity contribution in [3.63, 3.8) is 0 Å². The lowest BCUT2D eigenvalue weighted by molar-refractivity contribution is 0.0984.